The zero-order valence-corrected chi connectivity index (χ0v) is 10.3. The lowest BCUT2D eigenvalue weighted by molar-refractivity contribution is -0.121. The Morgan fingerprint density at radius 3 is 2.67 bits per heavy atom. The molecule has 1 aromatic rings. The summed E-state index contributed by atoms with van der Waals surface area (Å²) < 4.78 is 10.8. The van der Waals surface area contributed by atoms with Gasteiger partial charge >= 0.3 is 0 Å². The molecule has 0 saturated carbocycles. The van der Waals surface area contributed by atoms with E-state index in [9.17, 15) is 4.79 Å². The maximum atomic E-state index is 11.8. The highest BCUT2D eigenvalue weighted by molar-refractivity contribution is 5.96. The van der Waals surface area contributed by atoms with Crippen LogP contribution >= 0.6 is 0 Å². The third-order valence-corrected chi connectivity index (χ3v) is 2.65. The van der Waals surface area contributed by atoms with Crippen molar-refractivity contribution in [1.82, 2.24) is 0 Å². The van der Waals surface area contributed by atoms with Crippen molar-refractivity contribution in [1.29, 1.82) is 5.26 Å². The van der Waals surface area contributed by atoms with Crippen LogP contribution in [-0.4, -0.2) is 19.1 Å². The molecule has 0 radical (unpaired) electrons. The smallest absolute Gasteiger partial charge is 0.244 e. The molecule has 5 nitrogen and oxygen atoms in total. The number of fused-ring (bicyclic) bond motifs is 1. The highest BCUT2D eigenvalue weighted by atomic mass is 16.6. The van der Waals surface area contributed by atoms with Crippen molar-refractivity contribution in [2.24, 2.45) is 5.41 Å². The minimum absolute atomic E-state index is 0.346. The Labute approximate surface area is 105 Å². The first-order chi connectivity index (χ1) is 8.53. The second-order valence-electron chi connectivity index (χ2n) is 4.55. The normalized spacial score (nSPS) is 13.6. The summed E-state index contributed by atoms with van der Waals surface area (Å²) in [6, 6.07) is 7.11. The first-order valence-corrected chi connectivity index (χ1v) is 5.65. The van der Waals surface area contributed by atoms with E-state index in [0.29, 0.717) is 30.4 Å². The van der Waals surface area contributed by atoms with Crippen molar-refractivity contribution in [3.63, 3.8) is 0 Å². The molecule has 0 bridgehead atoms. The van der Waals surface area contributed by atoms with Crippen molar-refractivity contribution in [2.75, 3.05) is 18.5 Å². The van der Waals surface area contributed by atoms with Gasteiger partial charge in [-0.3, -0.25) is 4.79 Å². The van der Waals surface area contributed by atoms with Gasteiger partial charge in [-0.1, -0.05) is 0 Å². The lowest BCUT2D eigenvalue weighted by Crippen LogP contribution is -2.29. The fourth-order valence-corrected chi connectivity index (χ4v) is 1.46. The summed E-state index contributed by atoms with van der Waals surface area (Å²) in [5.74, 6) is 0.925. The van der Waals surface area contributed by atoms with E-state index in [-0.39, 0.29) is 5.91 Å². The van der Waals surface area contributed by atoms with Gasteiger partial charge in [-0.2, -0.15) is 5.26 Å². The topological polar surface area (TPSA) is 71.4 Å². The van der Waals surface area contributed by atoms with Gasteiger partial charge in [-0.25, -0.2) is 0 Å². The van der Waals surface area contributed by atoms with E-state index in [1.807, 2.05) is 6.07 Å². The summed E-state index contributed by atoms with van der Waals surface area (Å²) >= 11 is 0. The van der Waals surface area contributed by atoms with Crippen molar-refractivity contribution in [3.8, 4) is 17.6 Å². The fraction of sp³-hybridized carbons (Fsp3) is 0.385. The summed E-state index contributed by atoms with van der Waals surface area (Å²) in [7, 11) is 0. The van der Waals surface area contributed by atoms with Crippen molar-refractivity contribution in [2.45, 2.75) is 13.8 Å². The molecule has 94 valence electrons. The van der Waals surface area contributed by atoms with Crippen LogP contribution in [0.2, 0.25) is 0 Å². The second-order valence-corrected chi connectivity index (χ2v) is 4.55. The quantitative estimate of drug-likeness (QED) is 0.865. The summed E-state index contributed by atoms with van der Waals surface area (Å²) in [4.78, 5) is 11.8. The number of carbonyl (C=O) groups is 1. The predicted molar refractivity (Wildman–Crippen MR) is 65.5 cm³/mol. The van der Waals surface area contributed by atoms with Crippen molar-refractivity contribution in [3.05, 3.63) is 18.2 Å². The second kappa shape index (κ2) is 4.57. The average Bonchev–Trinajstić information content (AvgIpc) is 2.38. The Morgan fingerprint density at radius 1 is 1.33 bits per heavy atom. The molecule has 0 saturated heterocycles. The van der Waals surface area contributed by atoms with Crippen LogP contribution < -0.4 is 14.8 Å². The number of carbonyl (C=O) groups excluding carboxylic acids is 1. The van der Waals surface area contributed by atoms with Crippen LogP contribution in [0, 0.1) is 16.7 Å². The van der Waals surface area contributed by atoms with E-state index < -0.39 is 5.41 Å². The molecule has 0 spiro atoms. The average molecular weight is 246 g/mol. The van der Waals surface area contributed by atoms with E-state index in [1.165, 1.54) is 0 Å². The standard InChI is InChI=1S/C13H14N2O3/c1-13(2,8-14)12(16)15-9-3-4-10-11(7-9)18-6-5-17-10/h3-4,7H,5-6H2,1-2H3,(H,15,16). The molecule has 0 fully saturated rings. The summed E-state index contributed by atoms with van der Waals surface area (Å²) in [6.45, 7) is 4.16. The molecule has 1 aromatic carbocycles. The maximum Gasteiger partial charge on any atom is 0.244 e. The number of nitrogens with zero attached hydrogens (tertiary/aromatic N) is 1. The monoisotopic (exact) mass is 246 g/mol. The Kier molecular flexibility index (Phi) is 3.11. The maximum absolute atomic E-state index is 11.8. The van der Waals surface area contributed by atoms with Crippen LogP contribution in [0.25, 0.3) is 0 Å². The largest absolute Gasteiger partial charge is 0.486 e. The first kappa shape index (κ1) is 12.2. The summed E-state index contributed by atoms with van der Waals surface area (Å²) in [5, 5.41) is 11.6. The van der Waals surface area contributed by atoms with E-state index >= 15 is 0 Å². The molecule has 1 aliphatic rings. The molecule has 18 heavy (non-hydrogen) atoms. The molecule has 0 atom stereocenters. The number of ether oxygens (including phenoxy) is 2. The molecule has 1 N–H and O–H groups in total. The van der Waals surface area contributed by atoms with E-state index in [4.69, 9.17) is 14.7 Å². The Morgan fingerprint density at radius 2 is 2.00 bits per heavy atom. The molecule has 2 rings (SSSR count). The minimum Gasteiger partial charge on any atom is -0.486 e. The number of hydrogen-bond acceptors (Lipinski definition) is 4. The number of amides is 1. The van der Waals surface area contributed by atoms with Gasteiger partial charge in [0.05, 0.1) is 6.07 Å². The Bertz CT molecular complexity index is 517. The lowest BCUT2D eigenvalue weighted by atomic mass is 9.94. The highest BCUT2D eigenvalue weighted by Gasteiger charge is 2.27. The lowest BCUT2D eigenvalue weighted by Gasteiger charge is -2.20. The number of benzene rings is 1. The highest BCUT2D eigenvalue weighted by Crippen LogP contribution is 2.33. The molecular weight excluding hydrogens is 232 g/mol. The Balaban J connectivity index is 2.16. The van der Waals surface area contributed by atoms with Crippen LogP contribution in [0.5, 0.6) is 11.5 Å². The van der Waals surface area contributed by atoms with Crippen LogP contribution in [-0.2, 0) is 4.79 Å². The molecule has 0 aliphatic carbocycles. The SMILES string of the molecule is CC(C)(C#N)C(=O)Nc1ccc2c(c1)OCCO2. The van der Waals surface area contributed by atoms with Gasteiger partial charge in [-0.15, -0.1) is 0 Å². The van der Waals surface area contributed by atoms with Crippen LogP contribution in [0.3, 0.4) is 0 Å². The summed E-state index contributed by atoms with van der Waals surface area (Å²) in [6.07, 6.45) is 0. The number of hydrogen-bond donors (Lipinski definition) is 1. The minimum atomic E-state index is -1.06. The molecule has 0 unspecified atom stereocenters. The van der Waals surface area contributed by atoms with Gasteiger partial charge in [-0.05, 0) is 26.0 Å². The van der Waals surface area contributed by atoms with Gasteiger partial charge < -0.3 is 14.8 Å². The Hall–Kier alpha value is -2.22. The third kappa shape index (κ3) is 2.38. The number of nitriles is 1. The molecule has 1 aliphatic heterocycles. The van der Waals surface area contributed by atoms with Gasteiger partial charge in [0.15, 0.2) is 11.5 Å². The third-order valence-electron chi connectivity index (χ3n) is 2.65. The number of nitrogens with one attached hydrogen (secondary N) is 1. The van der Waals surface area contributed by atoms with E-state index in [2.05, 4.69) is 5.32 Å². The van der Waals surface area contributed by atoms with Gasteiger partial charge in [0, 0.05) is 11.8 Å². The summed E-state index contributed by atoms with van der Waals surface area (Å²) in [5.41, 5.74) is -0.472. The first-order valence-electron chi connectivity index (χ1n) is 5.65. The zero-order valence-electron chi connectivity index (χ0n) is 10.3. The molecule has 5 heteroatoms. The molecular formula is C13H14N2O3. The van der Waals surface area contributed by atoms with Crippen LogP contribution in [0.15, 0.2) is 18.2 Å². The predicted octanol–water partition coefficient (Wildman–Crippen LogP) is 1.95. The number of anilines is 1. The van der Waals surface area contributed by atoms with Crippen molar-refractivity contribution >= 4 is 11.6 Å². The zero-order chi connectivity index (χ0) is 13.2. The molecule has 0 aromatic heterocycles. The van der Waals surface area contributed by atoms with Crippen LogP contribution in [0.1, 0.15) is 13.8 Å². The van der Waals surface area contributed by atoms with Crippen LogP contribution in [0.4, 0.5) is 5.69 Å². The fourth-order valence-electron chi connectivity index (χ4n) is 1.46. The van der Waals surface area contributed by atoms with E-state index in [1.54, 1.807) is 32.0 Å². The van der Waals surface area contributed by atoms with Gasteiger partial charge in [0.25, 0.3) is 0 Å². The number of rotatable bonds is 2. The van der Waals surface area contributed by atoms with Gasteiger partial charge in [0.2, 0.25) is 5.91 Å². The molecule has 1 heterocycles. The van der Waals surface area contributed by atoms with Crippen molar-refractivity contribution < 1.29 is 14.3 Å². The van der Waals surface area contributed by atoms with Gasteiger partial charge in [0.1, 0.15) is 18.6 Å². The molecule has 1 amide bonds. The van der Waals surface area contributed by atoms with E-state index in [0.717, 1.165) is 0 Å².